The van der Waals surface area contributed by atoms with E-state index in [1.807, 2.05) is 37.1 Å². The molecule has 1 aliphatic rings. The molecule has 2 aromatic rings. The summed E-state index contributed by atoms with van der Waals surface area (Å²) in [6.45, 7) is 1.97. The van der Waals surface area contributed by atoms with Crippen LogP contribution in [0.1, 0.15) is 6.92 Å². The Morgan fingerprint density at radius 3 is 2.94 bits per heavy atom. The third-order valence-corrected chi connectivity index (χ3v) is 2.81. The van der Waals surface area contributed by atoms with Gasteiger partial charge in [-0.1, -0.05) is 6.07 Å². The second kappa shape index (κ2) is 3.69. The number of anilines is 1. The van der Waals surface area contributed by atoms with E-state index in [1.165, 1.54) is 0 Å². The quantitative estimate of drug-likeness (QED) is 0.743. The van der Waals surface area contributed by atoms with E-state index in [-0.39, 0.29) is 6.23 Å². The first-order chi connectivity index (χ1) is 8.25. The Morgan fingerprint density at radius 1 is 1.29 bits per heavy atom. The first kappa shape index (κ1) is 10.0. The number of nitrogens with zero attached hydrogens (tertiary/aromatic N) is 4. The van der Waals surface area contributed by atoms with Crippen molar-refractivity contribution in [3.05, 3.63) is 30.6 Å². The number of aromatic nitrogens is 3. The lowest BCUT2D eigenvalue weighted by Crippen LogP contribution is -2.27. The van der Waals surface area contributed by atoms with Gasteiger partial charge >= 0.3 is 0 Å². The molecule has 0 radical (unpaired) electrons. The van der Waals surface area contributed by atoms with Crippen molar-refractivity contribution in [3.8, 4) is 17.3 Å². The largest absolute Gasteiger partial charge is 0.465 e. The van der Waals surface area contributed by atoms with Gasteiger partial charge in [0.2, 0.25) is 0 Å². The van der Waals surface area contributed by atoms with Crippen molar-refractivity contribution in [2.75, 3.05) is 11.9 Å². The topological polar surface area (TPSA) is 51.1 Å². The van der Waals surface area contributed by atoms with Crippen molar-refractivity contribution in [3.63, 3.8) is 0 Å². The standard InChI is InChI=1S/C12H12N4O/c1-8-16(2)12-10(17-8)7-14-11(15-12)9-5-3-4-6-13-9/h3-8H,1-2H3. The lowest BCUT2D eigenvalue weighted by atomic mass is 10.3. The number of pyridine rings is 1. The summed E-state index contributed by atoms with van der Waals surface area (Å²) in [7, 11) is 1.95. The van der Waals surface area contributed by atoms with Crippen LogP contribution in [0.2, 0.25) is 0 Å². The van der Waals surface area contributed by atoms with Crippen molar-refractivity contribution in [1.29, 1.82) is 0 Å². The molecule has 3 rings (SSSR count). The van der Waals surface area contributed by atoms with Gasteiger partial charge in [-0.3, -0.25) is 4.98 Å². The number of hydrogen-bond donors (Lipinski definition) is 0. The van der Waals surface area contributed by atoms with Gasteiger partial charge in [-0.2, -0.15) is 0 Å². The molecular weight excluding hydrogens is 216 g/mol. The molecule has 0 fully saturated rings. The zero-order valence-electron chi connectivity index (χ0n) is 9.66. The van der Waals surface area contributed by atoms with E-state index in [4.69, 9.17) is 4.74 Å². The Balaban J connectivity index is 2.06. The summed E-state index contributed by atoms with van der Waals surface area (Å²) >= 11 is 0. The molecule has 0 aliphatic carbocycles. The molecule has 0 N–H and O–H groups in total. The lowest BCUT2D eigenvalue weighted by molar-refractivity contribution is 0.250. The molecule has 86 valence electrons. The number of rotatable bonds is 1. The molecule has 3 heterocycles. The van der Waals surface area contributed by atoms with E-state index in [0.29, 0.717) is 5.82 Å². The zero-order chi connectivity index (χ0) is 11.8. The van der Waals surface area contributed by atoms with Gasteiger partial charge in [-0.25, -0.2) is 9.97 Å². The van der Waals surface area contributed by atoms with E-state index in [2.05, 4.69) is 15.0 Å². The highest BCUT2D eigenvalue weighted by Crippen LogP contribution is 2.34. The maximum Gasteiger partial charge on any atom is 0.183 e. The third-order valence-electron chi connectivity index (χ3n) is 2.81. The second-order valence-electron chi connectivity index (χ2n) is 3.92. The van der Waals surface area contributed by atoms with Crippen LogP contribution < -0.4 is 9.64 Å². The van der Waals surface area contributed by atoms with Crippen LogP contribution in [0.5, 0.6) is 5.75 Å². The van der Waals surface area contributed by atoms with Crippen molar-refractivity contribution in [2.24, 2.45) is 0 Å². The molecule has 1 unspecified atom stereocenters. The maximum atomic E-state index is 5.59. The van der Waals surface area contributed by atoms with Crippen LogP contribution in [-0.4, -0.2) is 28.2 Å². The van der Waals surface area contributed by atoms with Gasteiger partial charge in [0, 0.05) is 13.2 Å². The highest BCUT2D eigenvalue weighted by atomic mass is 16.5. The summed E-state index contributed by atoms with van der Waals surface area (Å²) in [5.74, 6) is 2.15. The molecule has 0 amide bonds. The molecule has 0 bridgehead atoms. The SMILES string of the molecule is CC1Oc2cnc(-c3ccccn3)nc2N1C. The van der Waals surface area contributed by atoms with Gasteiger partial charge in [0.1, 0.15) is 5.69 Å². The summed E-state index contributed by atoms with van der Waals surface area (Å²) in [4.78, 5) is 15.0. The zero-order valence-corrected chi connectivity index (χ0v) is 9.66. The summed E-state index contributed by atoms with van der Waals surface area (Å²) < 4.78 is 5.59. The van der Waals surface area contributed by atoms with Gasteiger partial charge in [-0.05, 0) is 19.1 Å². The van der Waals surface area contributed by atoms with Crippen molar-refractivity contribution >= 4 is 5.82 Å². The molecular formula is C12H12N4O. The highest BCUT2D eigenvalue weighted by molar-refractivity contribution is 5.60. The highest BCUT2D eigenvalue weighted by Gasteiger charge is 2.26. The minimum Gasteiger partial charge on any atom is -0.465 e. The molecule has 0 saturated heterocycles. The lowest BCUT2D eigenvalue weighted by Gasteiger charge is -2.14. The van der Waals surface area contributed by atoms with Crippen LogP contribution in [0.3, 0.4) is 0 Å². The number of ether oxygens (including phenoxy) is 1. The van der Waals surface area contributed by atoms with Gasteiger partial charge in [-0.15, -0.1) is 0 Å². The third kappa shape index (κ3) is 1.60. The molecule has 0 aromatic carbocycles. The van der Waals surface area contributed by atoms with Gasteiger partial charge in [0.15, 0.2) is 23.6 Å². The molecule has 0 spiro atoms. The summed E-state index contributed by atoms with van der Waals surface area (Å²) in [5, 5.41) is 0. The minimum atomic E-state index is -0.00159. The van der Waals surface area contributed by atoms with Crippen molar-refractivity contribution < 1.29 is 4.74 Å². The number of hydrogen-bond acceptors (Lipinski definition) is 5. The van der Waals surface area contributed by atoms with Crippen LogP contribution >= 0.6 is 0 Å². The fourth-order valence-corrected chi connectivity index (χ4v) is 1.75. The van der Waals surface area contributed by atoms with Crippen LogP contribution in [0.4, 0.5) is 5.82 Å². The second-order valence-corrected chi connectivity index (χ2v) is 3.92. The van der Waals surface area contributed by atoms with E-state index in [1.54, 1.807) is 12.4 Å². The average Bonchev–Trinajstić information content (AvgIpc) is 2.66. The molecule has 0 saturated carbocycles. The fraction of sp³-hybridized carbons (Fsp3) is 0.250. The van der Waals surface area contributed by atoms with E-state index < -0.39 is 0 Å². The Hall–Kier alpha value is -2.17. The minimum absolute atomic E-state index is 0.00159. The monoisotopic (exact) mass is 228 g/mol. The first-order valence-corrected chi connectivity index (χ1v) is 5.43. The Kier molecular flexibility index (Phi) is 2.18. The molecule has 2 aromatic heterocycles. The predicted molar refractivity (Wildman–Crippen MR) is 63.8 cm³/mol. The summed E-state index contributed by atoms with van der Waals surface area (Å²) in [5.41, 5.74) is 0.767. The summed E-state index contributed by atoms with van der Waals surface area (Å²) in [6.07, 6.45) is 3.43. The normalized spacial score (nSPS) is 17.8. The summed E-state index contributed by atoms with van der Waals surface area (Å²) in [6, 6.07) is 5.68. The molecule has 1 aliphatic heterocycles. The smallest absolute Gasteiger partial charge is 0.183 e. The molecule has 17 heavy (non-hydrogen) atoms. The maximum absolute atomic E-state index is 5.59. The molecule has 1 atom stereocenters. The molecule has 5 heteroatoms. The van der Waals surface area contributed by atoms with Crippen molar-refractivity contribution in [2.45, 2.75) is 13.2 Å². The molecule has 5 nitrogen and oxygen atoms in total. The van der Waals surface area contributed by atoms with Gasteiger partial charge in [0.05, 0.1) is 6.20 Å². The van der Waals surface area contributed by atoms with Gasteiger partial charge in [0.25, 0.3) is 0 Å². The van der Waals surface area contributed by atoms with Crippen LogP contribution in [0, 0.1) is 0 Å². The van der Waals surface area contributed by atoms with Crippen LogP contribution in [0.15, 0.2) is 30.6 Å². The predicted octanol–water partition coefficient (Wildman–Crippen LogP) is 1.71. The average molecular weight is 228 g/mol. The van der Waals surface area contributed by atoms with E-state index in [9.17, 15) is 0 Å². The van der Waals surface area contributed by atoms with E-state index >= 15 is 0 Å². The van der Waals surface area contributed by atoms with Gasteiger partial charge < -0.3 is 9.64 Å². The van der Waals surface area contributed by atoms with E-state index in [0.717, 1.165) is 17.3 Å². The van der Waals surface area contributed by atoms with Crippen molar-refractivity contribution in [1.82, 2.24) is 15.0 Å². The Labute approximate surface area is 99.1 Å². The fourth-order valence-electron chi connectivity index (χ4n) is 1.75. The van der Waals surface area contributed by atoms with Crippen LogP contribution in [0.25, 0.3) is 11.5 Å². The Morgan fingerprint density at radius 2 is 2.18 bits per heavy atom. The Bertz CT molecular complexity index is 543. The number of fused-ring (bicyclic) bond motifs is 1. The van der Waals surface area contributed by atoms with Crippen LogP contribution in [-0.2, 0) is 0 Å². The first-order valence-electron chi connectivity index (χ1n) is 5.43.